The standard InChI is InChI=1S/C10H19NO4S/c1-16(14,15)11-7-3-5-9(8-11)4-2-6-10(12)13/h9H,2-8H2,1H3,(H,12,13). The monoisotopic (exact) mass is 249 g/mol. The van der Waals surface area contributed by atoms with Crippen molar-refractivity contribution in [2.45, 2.75) is 32.1 Å². The Hall–Kier alpha value is -0.620. The molecule has 1 heterocycles. The van der Waals surface area contributed by atoms with Gasteiger partial charge in [-0.2, -0.15) is 0 Å². The van der Waals surface area contributed by atoms with E-state index < -0.39 is 16.0 Å². The fourth-order valence-corrected chi connectivity index (χ4v) is 3.05. The summed E-state index contributed by atoms with van der Waals surface area (Å²) in [6.45, 7) is 1.16. The molecule has 0 aromatic carbocycles. The van der Waals surface area contributed by atoms with E-state index in [-0.39, 0.29) is 6.42 Å². The first-order chi connectivity index (χ1) is 7.39. The number of hydrogen-bond acceptors (Lipinski definition) is 3. The summed E-state index contributed by atoms with van der Waals surface area (Å²) in [5.41, 5.74) is 0. The van der Waals surface area contributed by atoms with Crippen molar-refractivity contribution in [2.75, 3.05) is 19.3 Å². The molecule has 0 aromatic heterocycles. The van der Waals surface area contributed by atoms with E-state index in [4.69, 9.17) is 5.11 Å². The number of sulfonamides is 1. The summed E-state index contributed by atoms with van der Waals surface area (Å²) >= 11 is 0. The van der Waals surface area contributed by atoms with Crippen molar-refractivity contribution in [1.82, 2.24) is 4.31 Å². The van der Waals surface area contributed by atoms with Gasteiger partial charge in [0.15, 0.2) is 0 Å². The van der Waals surface area contributed by atoms with Crippen LogP contribution in [0.2, 0.25) is 0 Å². The van der Waals surface area contributed by atoms with Crippen LogP contribution in [0.5, 0.6) is 0 Å². The van der Waals surface area contributed by atoms with Crippen molar-refractivity contribution in [3.05, 3.63) is 0 Å². The van der Waals surface area contributed by atoms with Gasteiger partial charge in [-0.25, -0.2) is 12.7 Å². The molecule has 16 heavy (non-hydrogen) atoms. The van der Waals surface area contributed by atoms with Gasteiger partial charge in [0, 0.05) is 19.5 Å². The van der Waals surface area contributed by atoms with Crippen LogP contribution in [0.15, 0.2) is 0 Å². The average molecular weight is 249 g/mol. The SMILES string of the molecule is CS(=O)(=O)N1CCCC(CCCC(=O)O)C1. The molecule has 0 bridgehead atoms. The lowest BCUT2D eigenvalue weighted by Gasteiger charge is -2.30. The second kappa shape index (κ2) is 5.63. The average Bonchev–Trinajstić information content (AvgIpc) is 2.16. The molecular weight excluding hydrogens is 230 g/mol. The van der Waals surface area contributed by atoms with Crippen molar-refractivity contribution in [3.8, 4) is 0 Å². The number of rotatable bonds is 5. The molecule has 1 aliphatic heterocycles. The molecule has 0 amide bonds. The van der Waals surface area contributed by atoms with Crippen molar-refractivity contribution >= 4 is 16.0 Å². The number of hydrogen-bond donors (Lipinski definition) is 1. The first-order valence-electron chi connectivity index (χ1n) is 5.56. The van der Waals surface area contributed by atoms with Crippen LogP contribution in [0, 0.1) is 5.92 Å². The van der Waals surface area contributed by atoms with Gasteiger partial charge in [-0.1, -0.05) is 0 Å². The Morgan fingerprint density at radius 1 is 1.50 bits per heavy atom. The Labute approximate surface area is 96.5 Å². The second-order valence-electron chi connectivity index (χ2n) is 4.42. The van der Waals surface area contributed by atoms with E-state index in [1.54, 1.807) is 0 Å². The first kappa shape index (κ1) is 13.4. The number of piperidine rings is 1. The van der Waals surface area contributed by atoms with E-state index in [1.165, 1.54) is 10.6 Å². The topological polar surface area (TPSA) is 74.7 Å². The summed E-state index contributed by atoms with van der Waals surface area (Å²) < 4.78 is 24.2. The van der Waals surface area contributed by atoms with Crippen LogP contribution in [0.1, 0.15) is 32.1 Å². The zero-order chi connectivity index (χ0) is 12.2. The van der Waals surface area contributed by atoms with E-state index in [0.717, 1.165) is 19.3 Å². The Bertz CT molecular complexity index is 339. The quantitative estimate of drug-likeness (QED) is 0.786. The number of nitrogens with zero attached hydrogens (tertiary/aromatic N) is 1. The van der Waals surface area contributed by atoms with E-state index in [1.807, 2.05) is 0 Å². The molecule has 0 saturated carbocycles. The minimum absolute atomic E-state index is 0.176. The van der Waals surface area contributed by atoms with Crippen molar-refractivity contribution in [3.63, 3.8) is 0 Å². The van der Waals surface area contributed by atoms with Crippen LogP contribution in [-0.4, -0.2) is 43.1 Å². The highest BCUT2D eigenvalue weighted by molar-refractivity contribution is 7.88. The lowest BCUT2D eigenvalue weighted by atomic mass is 9.94. The van der Waals surface area contributed by atoms with E-state index in [9.17, 15) is 13.2 Å². The lowest BCUT2D eigenvalue weighted by Crippen LogP contribution is -2.39. The minimum Gasteiger partial charge on any atom is -0.481 e. The van der Waals surface area contributed by atoms with E-state index in [0.29, 0.717) is 25.4 Å². The molecule has 1 rings (SSSR count). The predicted octanol–water partition coefficient (Wildman–Crippen LogP) is 0.913. The van der Waals surface area contributed by atoms with Gasteiger partial charge in [0.05, 0.1) is 6.26 Å². The van der Waals surface area contributed by atoms with Crippen LogP contribution < -0.4 is 0 Å². The number of aliphatic carboxylic acids is 1. The third kappa shape index (κ3) is 4.49. The second-order valence-corrected chi connectivity index (χ2v) is 6.40. The highest BCUT2D eigenvalue weighted by Gasteiger charge is 2.25. The summed E-state index contributed by atoms with van der Waals surface area (Å²) in [5, 5.41) is 8.52. The van der Waals surface area contributed by atoms with Crippen molar-refractivity contribution < 1.29 is 18.3 Å². The number of carboxylic acids is 1. The zero-order valence-corrected chi connectivity index (χ0v) is 10.4. The van der Waals surface area contributed by atoms with Crippen molar-refractivity contribution in [2.24, 2.45) is 5.92 Å². The molecule has 5 nitrogen and oxygen atoms in total. The third-order valence-electron chi connectivity index (χ3n) is 2.95. The molecule has 1 unspecified atom stereocenters. The van der Waals surface area contributed by atoms with Crippen LogP contribution in [-0.2, 0) is 14.8 Å². The van der Waals surface area contributed by atoms with Gasteiger partial charge in [-0.05, 0) is 31.6 Å². The van der Waals surface area contributed by atoms with Crippen LogP contribution in [0.4, 0.5) is 0 Å². The number of carboxylic acid groups (broad SMARTS) is 1. The molecule has 1 aliphatic rings. The molecule has 94 valence electrons. The van der Waals surface area contributed by atoms with Crippen LogP contribution >= 0.6 is 0 Å². The molecule has 1 saturated heterocycles. The molecule has 1 fully saturated rings. The van der Waals surface area contributed by atoms with E-state index in [2.05, 4.69) is 0 Å². The van der Waals surface area contributed by atoms with Gasteiger partial charge in [-0.3, -0.25) is 4.79 Å². The third-order valence-corrected chi connectivity index (χ3v) is 4.22. The minimum atomic E-state index is -3.08. The molecule has 1 atom stereocenters. The van der Waals surface area contributed by atoms with Crippen molar-refractivity contribution in [1.29, 1.82) is 0 Å². The fraction of sp³-hybridized carbons (Fsp3) is 0.900. The maximum absolute atomic E-state index is 11.3. The molecular formula is C10H19NO4S. The van der Waals surface area contributed by atoms with Gasteiger partial charge in [0.1, 0.15) is 0 Å². The molecule has 0 aliphatic carbocycles. The maximum Gasteiger partial charge on any atom is 0.303 e. The normalized spacial score (nSPS) is 23.2. The largest absolute Gasteiger partial charge is 0.481 e. The highest BCUT2D eigenvalue weighted by Crippen LogP contribution is 2.23. The smallest absolute Gasteiger partial charge is 0.303 e. The molecule has 0 radical (unpaired) electrons. The Morgan fingerprint density at radius 3 is 2.75 bits per heavy atom. The summed E-state index contributed by atoms with van der Waals surface area (Å²) in [6, 6.07) is 0. The lowest BCUT2D eigenvalue weighted by molar-refractivity contribution is -0.137. The summed E-state index contributed by atoms with van der Waals surface area (Å²) in [5.74, 6) is -0.460. The van der Waals surface area contributed by atoms with Gasteiger partial charge >= 0.3 is 5.97 Å². The first-order valence-corrected chi connectivity index (χ1v) is 7.41. The van der Waals surface area contributed by atoms with Gasteiger partial charge in [-0.15, -0.1) is 0 Å². The zero-order valence-electron chi connectivity index (χ0n) is 9.55. The van der Waals surface area contributed by atoms with E-state index >= 15 is 0 Å². The summed E-state index contributed by atoms with van der Waals surface area (Å²) in [4.78, 5) is 10.4. The summed E-state index contributed by atoms with van der Waals surface area (Å²) in [7, 11) is -3.08. The van der Waals surface area contributed by atoms with Crippen LogP contribution in [0.25, 0.3) is 0 Å². The van der Waals surface area contributed by atoms with Gasteiger partial charge in [0.2, 0.25) is 10.0 Å². The van der Waals surface area contributed by atoms with Gasteiger partial charge in [0.25, 0.3) is 0 Å². The van der Waals surface area contributed by atoms with Gasteiger partial charge < -0.3 is 5.11 Å². The Morgan fingerprint density at radius 2 is 2.19 bits per heavy atom. The van der Waals surface area contributed by atoms with Crippen LogP contribution in [0.3, 0.4) is 0 Å². The Kier molecular flexibility index (Phi) is 4.73. The molecule has 1 N–H and O–H groups in total. The molecule has 6 heteroatoms. The molecule has 0 aromatic rings. The fourth-order valence-electron chi connectivity index (χ4n) is 2.11. The summed E-state index contributed by atoms with van der Waals surface area (Å²) in [6.07, 6.45) is 4.73. The maximum atomic E-state index is 11.3. The number of carbonyl (C=O) groups is 1. The Balaban J connectivity index is 2.36. The highest BCUT2D eigenvalue weighted by atomic mass is 32.2. The predicted molar refractivity (Wildman–Crippen MR) is 60.6 cm³/mol. The molecule has 0 spiro atoms.